The summed E-state index contributed by atoms with van der Waals surface area (Å²) in [5.41, 5.74) is 10.5. The van der Waals surface area contributed by atoms with E-state index in [4.69, 9.17) is 11.5 Å². The van der Waals surface area contributed by atoms with Crippen LogP contribution in [-0.2, 0) is 14.8 Å². The first-order valence-electron chi connectivity index (χ1n) is 9.39. The van der Waals surface area contributed by atoms with E-state index in [1.165, 1.54) is 12.1 Å². The molecule has 9 nitrogen and oxygen atoms in total. The van der Waals surface area contributed by atoms with Crippen molar-refractivity contribution >= 4 is 22.0 Å². The highest BCUT2D eigenvalue weighted by Gasteiger charge is 2.24. The topological polar surface area (TPSA) is 160 Å². The van der Waals surface area contributed by atoms with Gasteiger partial charge in [-0.3, -0.25) is 9.79 Å². The Kier molecular flexibility index (Phi) is 11.2. The van der Waals surface area contributed by atoms with Crippen molar-refractivity contribution in [2.45, 2.75) is 49.5 Å². The van der Waals surface area contributed by atoms with E-state index >= 15 is 0 Å². The molecule has 1 aromatic rings. The number of carbonyl (C=O) groups is 1. The lowest BCUT2D eigenvalue weighted by molar-refractivity contribution is -0.138. The Hall–Kier alpha value is -2.17. The summed E-state index contributed by atoms with van der Waals surface area (Å²) in [6.07, 6.45) is 6.10. The molecule has 0 saturated carbocycles. The van der Waals surface area contributed by atoms with Gasteiger partial charge in [-0.05, 0) is 31.5 Å². The van der Waals surface area contributed by atoms with Gasteiger partial charge in [-0.25, -0.2) is 8.42 Å². The summed E-state index contributed by atoms with van der Waals surface area (Å²) in [6.45, 7) is 1.31. The minimum Gasteiger partial charge on any atom is -0.480 e. The number of hydrogen-bond acceptors (Lipinski definition) is 5. The lowest BCUT2D eigenvalue weighted by Crippen LogP contribution is -2.47. The van der Waals surface area contributed by atoms with Crippen LogP contribution in [0.15, 0.2) is 40.2 Å². The Morgan fingerprint density at radius 2 is 1.64 bits per heavy atom. The summed E-state index contributed by atoms with van der Waals surface area (Å²) in [7, 11) is -3.87. The van der Waals surface area contributed by atoms with E-state index in [0.29, 0.717) is 13.1 Å². The SMILES string of the molecule is NC(N)=NCCCCCCCCNC[C@@H](NS(=O)(=O)c1ccccc1)C(=O)O. The van der Waals surface area contributed by atoms with Crippen LogP contribution < -0.4 is 21.5 Å². The van der Waals surface area contributed by atoms with Crippen LogP contribution >= 0.6 is 0 Å². The molecule has 0 heterocycles. The molecule has 158 valence electrons. The highest BCUT2D eigenvalue weighted by atomic mass is 32.2. The van der Waals surface area contributed by atoms with Crippen molar-refractivity contribution in [3.63, 3.8) is 0 Å². The molecule has 1 atom stereocenters. The number of guanidine groups is 1. The number of nitrogens with two attached hydrogens (primary N) is 2. The molecule has 0 amide bonds. The molecule has 0 spiro atoms. The molecule has 7 N–H and O–H groups in total. The molecular weight excluding hydrogens is 382 g/mol. The van der Waals surface area contributed by atoms with Crippen molar-refractivity contribution in [2.75, 3.05) is 19.6 Å². The molecule has 1 aromatic carbocycles. The zero-order valence-corrected chi connectivity index (χ0v) is 16.8. The number of carboxylic acid groups (broad SMARTS) is 1. The predicted molar refractivity (Wildman–Crippen MR) is 109 cm³/mol. The molecule has 0 saturated heterocycles. The molecule has 0 unspecified atom stereocenters. The Morgan fingerprint density at radius 3 is 2.25 bits per heavy atom. The predicted octanol–water partition coefficient (Wildman–Crippen LogP) is 0.622. The number of aliphatic imine (C=N–C) groups is 1. The number of sulfonamides is 1. The molecule has 0 aromatic heterocycles. The quantitative estimate of drug-likeness (QED) is 0.160. The molecular formula is C18H31N5O4S. The summed E-state index contributed by atoms with van der Waals surface area (Å²) in [4.78, 5) is 15.3. The number of nitrogens with zero attached hydrogens (tertiary/aromatic N) is 1. The van der Waals surface area contributed by atoms with Gasteiger partial charge >= 0.3 is 5.97 Å². The monoisotopic (exact) mass is 413 g/mol. The summed E-state index contributed by atoms with van der Waals surface area (Å²) in [5, 5.41) is 12.3. The molecule has 0 radical (unpaired) electrons. The fraction of sp³-hybridized carbons (Fsp3) is 0.556. The fourth-order valence-corrected chi connectivity index (χ4v) is 3.77. The maximum absolute atomic E-state index is 12.2. The van der Waals surface area contributed by atoms with Crippen LogP contribution in [0, 0.1) is 0 Å². The van der Waals surface area contributed by atoms with E-state index in [2.05, 4.69) is 15.0 Å². The number of rotatable bonds is 15. The average molecular weight is 414 g/mol. The zero-order chi connectivity index (χ0) is 20.8. The third kappa shape index (κ3) is 10.2. The Balaban J connectivity index is 2.21. The van der Waals surface area contributed by atoms with Gasteiger partial charge in [0, 0.05) is 13.1 Å². The number of aliphatic carboxylic acids is 1. The third-order valence-corrected chi connectivity index (χ3v) is 5.54. The summed E-state index contributed by atoms with van der Waals surface area (Å²) in [5.74, 6) is -1.09. The van der Waals surface area contributed by atoms with Gasteiger partial charge in [0.25, 0.3) is 0 Å². The van der Waals surface area contributed by atoms with Crippen molar-refractivity contribution in [1.82, 2.24) is 10.0 Å². The lowest BCUT2D eigenvalue weighted by Gasteiger charge is -2.15. The van der Waals surface area contributed by atoms with E-state index in [1.807, 2.05) is 0 Å². The van der Waals surface area contributed by atoms with Gasteiger partial charge in [0.05, 0.1) is 4.90 Å². The molecule has 1 rings (SSSR count). The molecule has 0 aliphatic rings. The Morgan fingerprint density at radius 1 is 1.04 bits per heavy atom. The van der Waals surface area contributed by atoms with Crippen LogP contribution in [0.2, 0.25) is 0 Å². The Bertz CT molecular complexity index is 706. The van der Waals surface area contributed by atoms with Gasteiger partial charge in [-0.1, -0.05) is 43.9 Å². The van der Waals surface area contributed by atoms with Crippen LogP contribution in [0.1, 0.15) is 38.5 Å². The summed E-state index contributed by atoms with van der Waals surface area (Å²) < 4.78 is 26.7. The van der Waals surface area contributed by atoms with Gasteiger partial charge in [-0.15, -0.1) is 0 Å². The van der Waals surface area contributed by atoms with Crippen LogP contribution in [0.25, 0.3) is 0 Å². The highest BCUT2D eigenvalue weighted by molar-refractivity contribution is 7.89. The first-order valence-corrected chi connectivity index (χ1v) is 10.9. The first kappa shape index (κ1) is 23.9. The van der Waals surface area contributed by atoms with E-state index in [9.17, 15) is 18.3 Å². The van der Waals surface area contributed by atoms with Crippen molar-refractivity contribution in [3.8, 4) is 0 Å². The van der Waals surface area contributed by atoms with Gasteiger partial charge in [0.2, 0.25) is 10.0 Å². The second-order valence-corrected chi connectivity index (χ2v) is 8.17. The van der Waals surface area contributed by atoms with E-state index in [1.54, 1.807) is 18.2 Å². The van der Waals surface area contributed by atoms with Crippen LogP contribution in [-0.4, -0.2) is 51.1 Å². The normalized spacial score (nSPS) is 12.4. The van der Waals surface area contributed by atoms with Crippen molar-refractivity contribution in [2.24, 2.45) is 16.5 Å². The minimum absolute atomic E-state index is 0.0277. The van der Waals surface area contributed by atoms with Crippen LogP contribution in [0.3, 0.4) is 0 Å². The number of unbranched alkanes of at least 4 members (excludes halogenated alkanes) is 5. The summed E-state index contributed by atoms with van der Waals surface area (Å²) >= 11 is 0. The second-order valence-electron chi connectivity index (χ2n) is 6.46. The average Bonchev–Trinajstić information content (AvgIpc) is 2.65. The standard InChI is InChI=1S/C18H31N5O4S/c19-18(20)22-13-9-4-2-1-3-8-12-21-14-16(17(24)25)23-28(26,27)15-10-6-5-7-11-15/h5-7,10-11,16,21,23H,1-4,8-9,12-14H2,(H,24,25)(H4,19,20,22)/t16-/m1/s1. The maximum atomic E-state index is 12.2. The Labute approximate surface area is 166 Å². The van der Waals surface area contributed by atoms with Gasteiger partial charge in [-0.2, -0.15) is 4.72 Å². The maximum Gasteiger partial charge on any atom is 0.323 e. The molecule has 0 aliphatic carbocycles. The van der Waals surface area contributed by atoms with Gasteiger partial charge in [0.15, 0.2) is 5.96 Å². The minimum atomic E-state index is -3.87. The molecule has 28 heavy (non-hydrogen) atoms. The van der Waals surface area contributed by atoms with Crippen molar-refractivity contribution in [3.05, 3.63) is 30.3 Å². The fourth-order valence-electron chi connectivity index (χ4n) is 2.56. The van der Waals surface area contributed by atoms with Crippen LogP contribution in [0.5, 0.6) is 0 Å². The number of hydrogen-bond donors (Lipinski definition) is 5. The van der Waals surface area contributed by atoms with E-state index in [-0.39, 0.29) is 17.4 Å². The van der Waals surface area contributed by atoms with E-state index in [0.717, 1.165) is 38.5 Å². The molecule has 0 aliphatic heterocycles. The molecule has 0 fully saturated rings. The van der Waals surface area contributed by atoms with Crippen molar-refractivity contribution < 1.29 is 18.3 Å². The van der Waals surface area contributed by atoms with Gasteiger partial charge in [0.1, 0.15) is 6.04 Å². The van der Waals surface area contributed by atoms with Gasteiger partial charge < -0.3 is 21.9 Å². The number of nitrogens with one attached hydrogen (secondary N) is 2. The molecule has 10 heteroatoms. The highest BCUT2D eigenvalue weighted by Crippen LogP contribution is 2.08. The number of benzene rings is 1. The zero-order valence-electron chi connectivity index (χ0n) is 16.0. The largest absolute Gasteiger partial charge is 0.480 e. The van der Waals surface area contributed by atoms with Crippen molar-refractivity contribution in [1.29, 1.82) is 0 Å². The van der Waals surface area contributed by atoms with E-state index < -0.39 is 22.0 Å². The lowest BCUT2D eigenvalue weighted by atomic mass is 10.1. The second kappa shape index (κ2) is 13.1. The third-order valence-electron chi connectivity index (χ3n) is 4.05. The first-order chi connectivity index (χ1) is 13.3. The molecule has 0 bridgehead atoms. The smallest absolute Gasteiger partial charge is 0.323 e. The van der Waals surface area contributed by atoms with Crippen LogP contribution in [0.4, 0.5) is 0 Å². The summed E-state index contributed by atoms with van der Waals surface area (Å²) in [6, 6.07) is 6.49. The number of carboxylic acids is 1.